The molecule has 0 N–H and O–H groups in total. The lowest BCUT2D eigenvalue weighted by molar-refractivity contribution is -0.134. The highest BCUT2D eigenvalue weighted by Gasteiger charge is 2.30. The molecule has 0 spiro atoms. The largest absolute Gasteiger partial charge is 0.421 e. The van der Waals surface area contributed by atoms with Gasteiger partial charge in [0.2, 0.25) is 0 Å². The van der Waals surface area contributed by atoms with E-state index in [1.54, 1.807) is 0 Å². The van der Waals surface area contributed by atoms with Crippen LogP contribution in [0.3, 0.4) is 0 Å². The molecular formula is C3H2F3P3. The molecule has 0 bridgehead atoms. The van der Waals surface area contributed by atoms with Gasteiger partial charge in [-0.3, -0.25) is 0 Å². The van der Waals surface area contributed by atoms with E-state index in [1.165, 1.54) is 5.80 Å². The summed E-state index contributed by atoms with van der Waals surface area (Å²) < 4.78 is 35.1. The highest BCUT2D eigenvalue weighted by molar-refractivity contribution is 8.17. The molecular weight excluding hydrogens is 186 g/mol. The van der Waals surface area contributed by atoms with Crippen LogP contribution in [-0.4, -0.2) is 0 Å². The van der Waals surface area contributed by atoms with Crippen molar-refractivity contribution < 1.29 is 13.2 Å². The second-order valence-corrected chi connectivity index (χ2v) is 6.62. The molecule has 9 heavy (non-hydrogen) atoms. The van der Waals surface area contributed by atoms with Crippen LogP contribution in [0.1, 0.15) is 5.30 Å². The van der Waals surface area contributed by atoms with Crippen molar-refractivity contribution in [1.29, 1.82) is 0 Å². The van der Waals surface area contributed by atoms with Gasteiger partial charge in [-0.2, -0.15) is 13.2 Å². The van der Waals surface area contributed by atoms with E-state index >= 15 is 0 Å². The second kappa shape index (κ2) is 2.58. The van der Waals surface area contributed by atoms with Crippen LogP contribution >= 0.6 is 23.3 Å². The molecule has 1 atom stereocenters. The maximum Gasteiger partial charge on any atom is 0.421 e. The zero-order chi connectivity index (χ0) is 6.91. The normalized spacial score (nSPS) is 14.6. The van der Waals surface area contributed by atoms with Gasteiger partial charge in [-0.25, -0.2) is 0 Å². The smallest absolute Gasteiger partial charge is 0.166 e. The first-order chi connectivity index (χ1) is 4.11. The summed E-state index contributed by atoms with van der Waals surface area (Å²) in [6.45, 7) is 0. The zero-order valence-corrected chi connectivity index (χ0v) is 6.89. The molecule has 0 fully saturated rings. The average molecular weight is 188 g/mol. The fourth-order valence-electron chi connectivity index (χ4n) is 0.338. The molecule has 50 valence electrons. The summed E-state index contributed by atoms with van der Waals surface area (Å²) in [5.74, 6) is 1.25. The number of halogens is 3. The van der Waals surface area contributed by atoms with Gasteiger partial charge in [0.15, 0.2) is 0 Å². The molecule has 0 amide bonds. The molecule has 1 rings (SSSR count). The maximum atomic E-state index is 11.7. The lowest BCUT2D eigenvalue weighted by atomic mass is 10.6. The third kappa shape index (κ3) is 1.93. The molecule has 0 aliphatic heterocycles. The van der Waals surface area contributed by atoms with Crippen LogP contribution in [0.2, 0.25) is 0 Å². The average Bonchev–Trinajstić information content (AvgIpc) is 2.08. The Balaban J connectivity index is 2.90. The van der Waals surface area contributed by atoms with Gasteiger partial charge < -0.3 is 0 Å². The fourth-order valence-corrected chi connectivity index (χ4v) is 5.65. The fraction of sp³-hybridized carbons (Fsp3) is 0.333. The Morgan fingerprint density at radius 1 is 1.44 bits per heavy atom. The van der Waals surface area contributed by atoms with Gasteiger partial charge in [-0.05, 0) is 13.7 Å². The Morgan fingerprint density at radius 3 is 2.33 bits per heavy atom. The Hall–Kier alpha value is 0.430. The summed E-state index contributed by atoms with van der Waals surface area (Å²) in [5, 5.41) is -0.373. The van der Waals surface area contributed by atoms with Gasteiger partial charge in [0.1, 0.15) is 0 Å². The van der Waals surface area contributed by atoms with Crippen LogP contribution in [0.5, 0.6) is 0 Å². The summed E-state index contributed by atoms with van der Waals surface area (Å²) in [5.41, 5.74) is 0. The highest BCUT2D eigenvalue weighted by Crippen LogP contribution is 2.45. The van der Waals surface area contributed by atoms with Gasteiger partial charge in [-0.1, -0.05) is 15.4 Å². The van der Waals surface area contributed by atoms with E-state index in [9.17, 15) is 13.2 Å². The summed E-state index contributed by atoms with van der Waals surface area (Å²) in [7, 11) is 1.67. The molecule has 0 saturated heterocycles. The molecule has 0 aliphatic carbocycles. The standard InChI is InChI=1S/C3H2F3P3/c4-3(5,6)2-1-7-9-8-2/h1,9H. The van der Waals surface area contributed by atoms with Crippen molar-refractivity contribution in [3.8, 4) is 0 Å². The molecule has 0 saturated carbocycles. The Labute approximate surface area is 54.6 Å². The van der Waals surface area contributed by atoms with Gasteiger partial charge in [0.05, 0.1) is 5.30 Å². The molecule has 1 aromatic rings. The third-order valence-electron chi connectivity index (χ3n) is 0.705. The first-order valence-corrected chi connectivity index (χ1v) is 6.58. The maximum absolute atomic E-state index is 11.7. The van der Waals surface area contributed by atoms with Crippen molar-refractivity contribution in [2.24, 2.45) is 0 Å². The van der Waals surface area contributed by atoms with E-state index in [4.69, 9.17) is 0 Å². The predicted octanol–water partition coefficient (Wildman–Crippen LogP) is 3.90. The van der Waals surface area contributed by atoms with Crippen LogP contribution in [0, 0.1) is 0 Å². The number of alkyl halides is 3. The van der Waals surface area contributed by atoms with Crippen molar-refractivity contribution >= 4 is 23.3 Å². The minimum absolute atomic E-state index is 0.373. The van der Waals surface area contributed by atoms with Crippen molar-refractivity contribution in [2.75, 3.05) is 0 Å². The Kier molecular flexibility index (Phi) is 2.16. The van der Waals surface area contributed by atoms with E-state index in [2.05, 4.69) is 0 Å². The zero-order valence-electron chi connectivity index (χ0n) is 4.11. The van der Waals surface area contributed by atoms with Gasteiger partial charge in [0, 0.05) is 0 Å². The van der Waals surface area contributed by atoms with E-state index in [-0.39, 0.29) is 5.30 Å². The van der Waals surface area contributed by atoms with Crippen LogP contribution < -0.4 is 0 Å². The number of rotatable bonds is 0. The van der Waals surface area contributed by atoms with Gasteiger partial charge in [-0.15, -0.1) is 0 Å². The summed E-state index contributed by atoms with van der Waals surface area (Å²) >= 11 is 0. The van der Waals surface area contributed by atoms with E-state index in [1.807, 2.05) is 0 Å². The quantitative estimate of drug-likeness (QED) is 0.579. The van der Waals surface area contributed by atoms with Crippen molar-refractivity contribution in [2.45, 2.75) is 6.18 Å². The van der Waals surface area contributed by atoms with Crippen LogP contribution in [0.4, 0.5) is 13.2 Å². The molecule has 6 heteroatoms. The number of hydrogen-bond acceptors (Lipinski definition) is 0. The molecule has 0 aliphatic rings. The van der Waals surface area contributed by atoms with E-state index in [0.717, 1.165) is 7.87 Å². The van der Waals surface area contributed by atoms with Gasteiger partial charge in [0.25, 0.3) is 0 Å². The first kappa shape index (κ1) is 7.54. The minimum Gasteiger partial charge on any atom is -0.166 e. The van der Waals surface area contributed by atoms with Gasteiger partial charge >= 0.3 is 6.18 Å². The monoisotopic (exact) mass is 188 g/mol. The molecule has 0 nitrogen and oxygen atoms in total. The van der Waals surface area contributed by atoms with E-state index in [0.29, 0.717) is 15.4 Å². The molecule has 1 aromatic heterocycles. The first-order valence-electron chi connectivity index (χ1n) is 2.03. The third-order valence-corrected chi connectivity index (χ3v) is 5.83. The van der Waals surface area contributed by atoms with Crippen LogP contribution in [-0.2, 0) is 6.18 Å². The highest BCUT2D eigenvalue weighted by atomic mass is 32.1. The molecule has 1 heterocycles. The molecule has 0 radical (unpaired) electrons. The Bertz CT molecular complexity index is 177. The minimum atomic E-state index is -4.07. The lowest BCUT2D eigenvalue weighted by Crippen LogP contribution is -1.99. The number of hydrogen-bond donors (Lipinski definition) is 0. The van der Waals surface area contributed by atoms with Crippen molar-refractivity contribution in [1.82, 2.24) is 0 Å². The molecule has 1 unspecified atom stereocenters. The van der Waals surface area contributed by atoms with Crippen LogP contribution in [0.25, 0.3) is 0 Å². The molecule has 0 aromatic carbocycles. The summed E-state index contributed by atoms with van der Waals surface area (Å²) in [4.78, 5) is 0. The lowest BCUT2D eigenvalue weighted by Gasteiger charge is -1.99. The Morgan fingerprint density at radius 2 is 2.11 bits per heavy atom. The second-order valence-electron chi connectivity index (χ2n) is 1.35. The summed E-state index contributed by atoms with van der Waals surface area (Å²) in [6.07, 6.45) is -4.07. The van der Waals surface area contributed by atoms with Crippen molar-refractivity contribution in [3.63, 3.8) is 0 Å². The van der Waals surface area contributed by atoms with Crippen LogP contribution in [0.15, 0.2) is 5.80 Å². The van der Waals surface area contributed by atoms with Crippen molar-refractivity contribution in [3.05, 3.63) is 11.1 Å². The topological polar surface area (TPSA) is 0 Å². The van der Waals surface area contributed by atoms with E-state index < -0.39 is 6.18 Å². The SMILES string of the molecule is FC(F)(F)c1cp[pH]p1. The predicted molar refractivity (Wildman–Crippen MR) is 36.0 cm³/mol. The summed E-state index contributed by atoms with van der Waals surface area (Å²) in [6, 6.07) is 0.